The molecule has 0 radical (unpaired) electrons. The number of carbonyl (C=O) groups is 2. The van der Waals surface area contributed by atoms with Crippen molar-refractivity contribution < 1.29 is 18.0 Å². The molecule has 0 saturated heterocycles. The van der Waals surface area contributed by atoms with Crippen LogP contribution in [-0.2, 0) is 16.6 Å². The van der Waals surface area contributed by atoms with Crippen LogP contribution < -0.4 is 4.72 Å². The van der Waals surface area contributed by atoms with E-state index < -0.39 is 21.8 Å². The summed E-state index contributed by atoms with van der Waals surface area (Å²) in [5.74, 6) is -0.956. The van der Waals surface area contributed by atoms with Gasteiger partial charge in [0.2, 0.25) is 0 Å². The maximum Gasteiger partial charge on any atom is 0.280 e. The highest BCUT2D eigenvalue weighted by Gasteiger charge is 2.36. The second-order valence-corrected chi connectivity index (χ2v) is 9.94. The van der Waals surface area contributed by atoms with E-state index in [4.69, 9.17) is 23.2 Å². The molecular formula is C18H11Cl2N3O4S2. The van der Waals surface area contributed by atoms with Crippen molar-refractivity contribution >= 4 is 62.1 Å². The Kier molecular flexibility index (Phi) is 5.07. The molecule has 148 valence electrons. The van der Waals surface area contributed by atoms with Gasteiger partial charge < -0.3 is 0 Å². The van der Waals surface area contributed by atoms with E-state index in [1.165, 1.54) is 36.5 Å². The third kappa shape index (κ3) is 3.74. The largest absolute Gasteiger partial charge is 0.280 e. The number of sulfonamides is 1. The number of carbonyl (C=O) groups excluding carboxylic acids is 2. The topological polar surface area (TPSA) is 96.4 Å². The molecule has 0 saturated carbocycles. The van der Waals surface area contributed by atoms with Crippen molar-refractivity contribution in [1.29, 1.82) is 0 Å². The summed E-state index contributed by atoms with van der Waals surface area (Å²) in [4.78, 5) is 30.4. The van der Waals surface area contributed by atoms with Crippen molar-refractivity contribution in [3.63, 3.8) is 0 Å². The van der Waals surface area contributed by atoms with Crippen LogP contribution in [0.3, 0.4) is 0 Å². The zero-order chi connectivity index (χ0) is 20.8. The number of amides is 2. The molecular weight excluding hydrogens is 457 g/mol. The Morgan fingerprint density at radius 3 is 2.55 bits per heavy atom. The second-order valence-electron chi connectivity index (χ2n) is 6.05. The Balaban J connectivity index is 1.53. The first-order chi connectivity index (χ1) is 13.8. The van der Waals surface area contributed by atoms with E-state index in [1.54, 1.807) is 12.1 Å². The summed E-state index contributed by atoms with van der Waals surface area (Å²) in [6.07, 6.45) is 1.44. The number of pyridine rings is 1. The third-order valence-corrected chi connectivity index (χ3v) is 7.80. The average Bonchev–Trinajstić information content (AvgIpc) is 3.25. The molecule has 0 unspecified atom stereocenters. The molecule has 2 amide bonds. The molecule has 7 nitrogen and oxygen atoms in total. The molecule has 2 aromatic heterocycles. The molecule has 0 bridgehead atoms. The summed E-state index contributed by atoms with van der Waals surface area (Å²) in [6, 6.07) is 10.5. The minimum Gasteiger partial charge on any atom is -0.279 e. The van der Waals surface area contributed by atoms with Gasteiger partial charge >= 0.3 is 0 Å². The Labute approximate surface area is 179 Å². The number of nitrogens with zero attached hydrogens (tertiary/aromatic N) is 2. The van der Waals surface area contributed by atoms with Gasteiger partial charge in [0.1, 0.15) is 9.90 Å². The Bertz CT molecular complexity index is 1220. The molecule has 4 rings (SSSR count). The van der Waals surface area contributed by atoms with Gasteiger partial charge in [0, 0.05) is 11.1 Å². The van der Waals surface area contributed by atoms with E-state index in [-0.39, 0.29) is 32.7 Å². The Hall–Kier alpha value is -2.46. The standard InChI is InChI=1S/C18H11Cl2N3O4S2/c19-13-5-3-10(8-14(13)20)22-29(26,27)15-6-4-11(28-15)9-23-17(24)12-2-1-7-21-16(12)18(23)25/h1-8,22H,9H2. The molecule has 3 heterocycles. The highest BCUT2D eigenvalue weighted by Crippen LogP contribution is 2.30. The van der Waals surface area contributed by atoms with E-state index >= 15 is 0 Å². The fraction of sp³-hybridized carbons (Fsp3) is 0.0556. The number of hydrogen-bond acceptors (Lipinski definition) is 6. The van der Waals surface area contributed by atoms with E-state index in [0.29, 0.717) is 9.90 Å². The number of anilines is 1. The van der Waals surface area contributed by atoms with Crippen molar-refractivity contribution in [2.45, 2.75) is 10.8 Å². The summed E-state index contributed by atoms with van der Waals surface area (Å²) < 4.78 is 27.7. The van der Waals surface area contributed by atoms with Crippen LogP contribution in [0.4, 0.5) is 5.69 Å². The summed E-state index contributed by atoms with van der Waals surface area (Å²) in [5.41, 5.74) is 0.604. The van der Waals surface area contributed by atoms with Gasteiger partial charge in [0.05, 0.1) is 27.8 Å². The summed E-state index contributed by atoms with van der Waals surface area (Å²) >= 11 is 12.7. The molecule has 1 N–H and O–H groups in total. The molecule has 11 heteroatoms. The molecule has 1 aliphatic rings. The molecule has 0 spiro atoms. The number of fused-ring (bicyclic) bond motifs is 1. The Morgan fingerprint density at radius 1 is 1.03 bits per heavy atom. The van der Waals surface area contributed by atoms with Crippen LogP contribution in [0.15, 0.2) is 52.9 Å². The first-order valence-electron chi connectivity index (χ1n) is 8.14. The van der Waals surface area contributed by atoms with E-state index in [2.05, 4.69) is 9.71 Å². The average molecular weight is 468 g/mol. The van der Waals surface area contributed by atoms with Crippen LogP contribution in [0, 0.1) is 0 Å². The predicted molar refractivity (Wildman–Crippen MR) is 110 cm³/mol. The monoisotopic (exact) mass is 467 g/mol. The van der Waals surface area contributed by atoms with Crippen LogP contribution in [0.2, 0.25) is 10.0 Å². The maximum absolute atomic E-state index is 12.6. The number of hydrogen-bond donors (Lipinski definition) is 1. The van der Waals surface area contributed by atoms with E-state index in [9.17, 15) is 18.0 Å². The SMILES string of the molecule is O=C1c2cccnc2C(=O)N1Cc1ccc(S(=O)(=O)Nc2ccc(Cl)c(Cl)c2)s1. The van der Waals surface area contributed by atoms with E-state index in [1.807, 2.05) is 0 Å². The van der Waals surface area contributed by atoms with Gasteiger partial charge in [-0.2, -0.15) is 0 Å². The number of nitrogens with one attached hydrogen (secondary N) is 1. The first-order valence-corrected chi connectivity index (χ1v) is 11.2. The zero-order valence-corrected chi connectivity index (χ0v) is 17.6. The number of halogens is 2. The van der Waals surface area contributed by atoms with Crippen molar-refractivity contribution in [3.8, 4) is 0 Å². The summed E-state index contributed by atoms with van der Waals surface area (Å²) in [7, 11) is -3.87. The van der Waals surface area contributed by atoms with Crippen molar-refractivity contribution in [1.82, 2.24) is 9.88 Å². The number of rotatable bonds is 5. The molecule has 0 atom stereocenters. The van der Waals surface area contributed by atoms with Crippen LogP contribution >= 0.6 is 34.5 Å². The minimum atomic E-state index is -3.87. The van der Waals surface area contributed by atoms with Gasteiger partial charge in [-0.05, 0) is 42.5 Å². The molecule has 1 aliphatic heterocycles. The molecule has 3 aromatic rings. The number of imide groups is 1. The number of benzene rings is 1. The molecule has 29 heavy (non-hydrogen) atoms. The van der Waals surface area contributed by atoms with Crippen molar-refractivity contribution in [3.05, 3.63) is 74.8 Å². The summed E-state index contributed by atoms with van der Waals surface area (Å²) in [5, 5.41) is 0.529. The van der Waals surface area contributed by atoms with Crippen LogP contribution in [0.25, 0.3) is 0 Å². The van der Waals surface area contributed by atoms with Crippen LogP contribution in [0.5, 0.6) is 0 Å². The lowest BCUT2D eigenvalue weighted by Crippen LogP contribution is -2.28. The highest BCUT2D eigenvalue weighted by atomic mass is 35.5. The fourth-order valence-electron chi connectivity index (χ4n) is 2.77. The van der Waals surface area contributed by atoms with Crippen LogP contribution in [-0.4, -0.2) is 30.1 Å². The van der Waals surface area contributed by atoms with E-state index in [0.717, 1.165) is 16.2 Å². The smallest absolute Gasteiger partial charge is 0.279 e. The molecule has 0 aliphatic carbocycles. The highest BCUT2D eigenvalue weighted by molar-refractivity contribution is 7.94. The summed E-state index contributed by atoms with van der Waals surface area (Å²) in [6.45, 7) is -0.0407. The molecule has 1 aromatic carbocycles. The molecule has 0 fully saturated rings. The van der Waals surface area contributed by atoms with Crippen LogP contribution in [0.1, 0.15) is 25.7 Å². The lowest BCUT2D eigenvalue weighted by molar-refractivity contribution is 0.0642. The first kappa shape index (κ1) is 19.8. The van der Waals surface area contributed by atoms with Gasteiger partial charge in [-0.3, -0.25) is 24.2 Å². The van der Waals surface area contributed by atoms with Gasteiger partial charge in [-0.25, -0.2) is 8.42 Å². The van der Waals surface area contributed by atoms with Gasteiger partial charge in [0.25, 0.3) is 21.8 Å². The van der Waals surface area contributed by atoms with Gasteiger partial charge in [-0.15, -0.1) is 11.3 Å². The van der Waals surface area contributed by atoms with Crippen molar-refractivity contribution in [2.24, 2.45) is 0 Å². The minimum absolute atomic E-state index is 0.0355. The third-order valence-electron chi connectivity index (χ3n) is 4.12. The number of aromatic nitrogens is 1. The van der Waals surface area contributed by atoms with Crippen molar-refractivity contribution in [2.75, 3.05) is 4.72 Å². The quantitative estimate of drug-likeness (QED) is 0.570. The fourth-order valence-corrected chi connectivity index (χ4v) is 5.46. The lowest BCUT2D eigenvalue weighted by atomic mass is 10.2. The Morgan fingerprint density at radius 2 is 1.83 bits per heavy atom. The maximum atomic E-state index is 12.6. The predicted octanol–water partition coefficient (Wildman–Crippen LogP) is 4.05. The zero-order valence-electron chi connectivity index (χ0n) is 14.4. The lowest BCUT2D eigenvalue weighted by Gasteiger charge is -2.11. The number of thiophene rings is 1. The second kappa shape index (κ2) is 7.42. The van der Waals surface area contributed by atoms with Gasteiger partial charge in [-0.1, -0.05) is 23.2 Å². The normalized spacial score (nSPS) is 13.7. The van der Waals surface area contributed by atoms with Gasteiger partial charge in [0.15, 0.2) is 0 Å².